The number of nitrogens with zero attached hydrogens (tertiary/aromatic N) is 4. The van der Waals surface area contributed by atoms with Gasteiger partial charge in [0.15, 0.2) is 0 Å². The standard InChI is InChI=1S/C14H14N4O2S/c1-8-11(14(19)20)13(18-12(17-8)9-2-3-9)21-7-10-6-15-4-5-16-10/h4-6,9H,2-3,7H2,1H3,(H,19,20). The number of carboxylic acid groups (broad SMARTS) is 1. The number of carbonyl (C=O) groups is 1. The molecule has 1 fully saturated rings. The molecule has 0 aliphatic heterocycles. The van der Waals surface area contributed by atoms with Gasteiger partial charge in [0.05, 0.1) is 11.4 Å². The SMILES string of the molecule is Cc1nc(C2CC2)nc(SCc2cnccn2)c1C(=O)O. The molecule has 1 N–H and O–H groups in total. The van der Waals surface area contributed by atoms with Crippen LogP contribution in [0.3, 0.4) is 0 Å². The van der Waals surface area contributed by atoms with Gasteiger partial charge in [0, 0.05) is 30.3 Å². The molecular weight excluding hydrogens is 288 g/mol. The van der Waals surface area contributed by atoms with E-state index in [-0.39, 0.29) is 5.56 Å². The quantitative estimate of drug-likeness (QED) is 0.670. The number of rotatable bonds is 5. The second kappa shape index (κ2) is 5.77. The number of hydrogen-bond acceptors (Lipinski definition) is 6. The molecule has 0 amide bonds. The molecule has 0 aromatic carbocycles. The Bertz CT molecular complexity index is 674. The van der Waals surface area contributed by atoms with Crippen molar-refractivity contribution in [2.45, 2.75) is 36.5 Å². The van der Waals surface area contributed by atoms with E-state index >= 15 is 0 Å². The molecule has 0 radical (unpaired) electrons. The lowest BCUT2D eigenvalue weighted by molar-refractivity contribution is 0.0690. The summed E-state index contributed by atoms with van der Waals surface area (Å²) in [6, 6.07) is 0. The van der Waals surface area contributed by atoms with Gasteiger partial charge >= 0.3 is 5.97 Å². The lowest BCUT2D eigenvalue weighted by Gasteiger charge is -2.09. The maximum Gasteiger partial charge on any atom is 0.340 e. The van der Waals surface area contributed by atoms with E-state index < -0.39 is 5.97 Å². The highest BCUT2D eigenvalue weighted by atomic mass is 32.2. The fraction of sp³-hybridized carbons (Fsp3) is 0.357. The number of aromatic nitrogens is 4. The minimum absolute atomic E-state index is 0.188. The van der Waals surface area contributed by atoms with Crippen LogP contribution in [0, 0.1) is 6.92 Å². The second-order valence-electron chi connectivity index (χ2n) is 4.91. The highest BCUT2D eigenvalue weighted by Crippen LogP contribution is 2.39. The maximum atomic E-state index is 11.4. The van der Waals surface area contributed by atoms with Crippen LogP contribution in [0.25, 0.3) is 0 Å². The van der Waals surface area contributed by atoms with Gasteiger partial charge in [0.1, 0.15) is 16.4 Å². The van der Waals surface area contributed by atoms with Gasteiger partial charge in [-0.25, -0.2) is 14.8 Å². The molecular formula is C14H14N4O2S. The van der Waals surface area contributed by atoms with Gasteiger partial charge in [-0.15, -0.1) is 0 Å². The summed E-state index contributed by atoms with van der Waals surface area (Å²) in [6.07, 6.45) is 7.06. The summed E-state index contributed by atoms with van der Waals surface area (Å²) in [7, 11) is 0. The average molecular weight is 302 g/mol. The number of aromatic carboxylic acids is 1. The van der Waals surface area contributed by atoms with Crippen LogP contribution in [0.4, 0.5) is 0 Å². The smallest absolute Gasteiger partial charge is 0.340 e. The van der Waals surface area contributed by atoms with Gasteiger partial charge in [-0.1, -0.05) is 11.8 Å². The number of hydrogen-bond donors (Lipinski definition) is 1. The number of thioether (sulfide) groups is 1. The molecule has 7 heteroatoms. The van der Waals surface area contributed by atoms with Gasteiger partial charge in [-0.2, -0.15) is 0 Å². The first-order valence-electron chi connectivity index (χ1n) is 6.64. The third kappa shape index (κ3) is 3.18. The predicted octanol–water partition coefficient (Wildman–Crippen LogP) is 2.44. The Morgan fingerprint density at radius 3 is 2.81 bits per heavy atom. The zero-order chi connectivity index (χ0) is 14.8. The summed E-state index contributed by atoms with van der Waals surface area (Å²) < 4.78 is 0. The first-order valence-corrected chi connectivity index (χ1v) is 7.63. The highest BCUT2D eigenvalue weighted by molar-refractivity contribution is 7.98. The summed E-state index contributed by atoms with van der Waals surface area (Å²) in [4.78, 5) is 28.4. The fourth-order valence-corrected chi connectivity index (χ4v) is 2.96. The topological polar surface area (TPSA) is 88.9 Å². The van der Waals surface area contributed by atoms with Crippen LogP contribution in [0.1, 0.15) is 46.3 Å². The molecule has 21 heavy (non-hydrogen) atoms. The van der Waals surface area contributed by atoms with Crippen molar-refractivity contribution >= 4 is 17.7 Å². The van der Waals surface area contributed by atoms with Crippen LogP contribution in [0.2, 0.25) is 0 Å². The largest absolute Gasteiger partial charge is 0.478 e. The summed E-state index contributed by atoms with van der Waals surface area (Å²) in [5, 5.41) is 9.88. The van der Waals surface area contributed by atoms with Crippen LogP contribution in [0.15, 0.2) is 23.6 Å². The van der Waals surface area contributed by atoms with Crippen molar-refractivity contribution in [2.24, 2.45) is 0 Å². The van der Waals surface area contributed by atoms with Gasteiger partial charge in [-0.3, -0.25) is 9.97 Å². The third-order valence-electron chi connectivity index (χ3n) is 3.20. The highest BCUT2D eigenvalue weighted by Gasteiger charge is 2.29. The van der Waals surface area contributed by atoms with Crippen LogP contribution in [-0.4, -0.2) is 31.0 Å². The van der Waals surface area contributed by atoms with Crippen molar-refractivity contribution in [3.8, 4) is 0 Å². The normalized spacial score (nSPS) is 14.1. The Morgan fingerprint density at radius 1 is 1.38 bits per heavy atom. The molecule has 2 aromatic heterocycles. The summed E-state index contributed by atoms with van der Waals surface area (Å²) in [6.45, 7) is 1.73. The Hall–Kier alpha value is -2.02. The zero-order valence-corrected chi connectivity index (χ0v) is 12.3. The van der Waals surface area contributed by atoms with E-state index in [9.17, 15) is 9.90 Å². The van der Waals surface area contributed by atoms with E-state index in [4.69, 9.17) is 0 Å². The van der Waals surface area contributed by atoms with Crippen molar-refractivity contribution in [1.82, 2.24) is 19.9 Å². The Labute approximate surface area is 126 Å². The second-order valence-corrected chi connectivity index (χ2v) is 5.88. The van der Waals surface area contributed by atoms with E-state index in [0.717, 1.165) is 24.4 Å². The minimum atomic E-state index is -0.989. The van der Waals surface area contributed by atoms with Gasteiger partial charge in [0.25, 0.3) is 0 Å². The van der Waals surface area contributed by atoms with E-state index in [2.05, 4.69) is 19.9 Å². The first-order chi connectivity index (χ1) is 10.1. The lowest BCUT2D eigenvalue weighted by Crippen LogP contribution is -2.09. The molecule has 0 unspecified atom stereocenters. The van der Waals surface area contributed by atoms with E-state index in [1.807, 2.05) is 0 Å². The van der Waals surface area contributed by atoms with Crippen LogP contribution >= 0.6 is 11.8 Å². The predicted molar refractivity (Wildman–Crippen MR) is 77.3 cm³/mol. The van der Waals surface area contributed by atoms with Crippen LogP contribution < -0.4 is 0 Å². The molecule has 1 aliphatic rings. The molecule has 0 spiro atoms. The van der Waals surface area contributed by atoms with Crippen molar-refractivity contribution in [2.75, 3.05) is 0 Å². The number of aryl methyl sites for hydroxylation is 1. The molecule has 0 saturated heterocycles. The molecule has 0 atom stereocenters. The summed E-state index contributed by atoms with van der Waals surface area (Å²) in [5.41, 5.74) is 1.51. The van der Waals surface area contributed by atoms with Gasteiger partial charge in [-0.05, 0) is 19.8 Å². The van der Waals surface area contributed by atoms with Crippen molar-refractivity contribution < 1.29 is 9.90 Å². The average Bonchev–Trinajstić information content (AvgIpc) is 3.29. The fourth-order valence-electron chi connectivity index (χ4n) is 1.99. The Balaban J connectivity index is 1.89. The molecule has 0 bridgehead atoms. The molecule has 2 aromatic rings. The maximum absolute atomic E-state index is 11.4. The van der Waals surface area contributed by atoms with Gasteiger partial charge in [0.2, 0.25) is 0 Å². The molecule has 6 nitrogen and oxygen atoms in total. The third-order valence-corrected chi connectivity index (χ3v) is 4.21. The monoisotopic (exact) mass is 302 g/mol. The van der Waals surface area contributed by atoms with Crippen LogP contribution in [-0.2, 0) is 5.75 Å². The van der Waals surface area contributed by atoms with E-state index in [1.165, 1.54) is 11.8 Å². The first kappa shape index (κ1) is 13.9. The molecule has 1 aliphatic carbocycles. The Kier molecular flexibility index (Phi) is 3.83. The zero-order valence-electron chi connectivity index (χ0n) is 11.5. The summed E-state index contributed by atoms with van der Waals surface area (Å²) in [5.74, 6) is 0.701. The molecule has 3 rings (SSSR count). The molecule has 2 heterocycles. The van der Waals surface area contributed by atoms with Crippen molar-refractivity contribution in [3.63, 3.8) is 0 Å². The van der Waals surface area contributed by atoms with E-state index in [0.29, 0.717) is 22.4 Å². The van der Waals surface area contributed by atoms with E-state index in [1.54, 1.807) is 25.5 Å². The summed E-state index contributed by atoms with van der Waals surface area (Å²) >= 11 is 1.37. The molecule has 108 valence electrons. The van der Waals surface area contributed by atoms with Crippen molar-refractivity contribution in [3.05, 3.63) is 41.4 Å². The Morgan fingerprint density at radius 2 is 2.19 bits per heavy atom. The molecule has 1 saturated carbocycles. The number of carboxylic acids is 1. The van der Waals surface area contributed by atoms with Gasteiger partial charge < -0.3 is 5.11 Å². The lowest BCUT2D eigenvalue weighted by atomic mass is 10.2. The van der Waals surface area contributed by atoms with Crippen LogP contribution in [0.5, 0.6) is 0 Å². The van der Waals surface area contributed by atoms with Crippen molar-refractivity contribution in [1.29, 1.82) is 0 Å². The minimum Gasteiger partial charge on any atom is -0.478 e.